The van der Waals surface area contributed by atoms with Crippen molar-refractivity contribution in [1.82, 2.24) is 0 Å². The lowest BCUT2D eigenvalue weighted by Gasteiger charge is -2.45. The van der Waals surface area contributed by atoms with Gasteiger partial charge in [0.05, 0.1) is 16.8 Å². The molecule has 6 aromatic carbocycles. The summed E-state index contributed by atoms with van der Waals surface area (Å²) in [4.78, 5) is 2.42. The van der Waals surface area contributed by atoms with Crippen LogP contribution in [0.4, 0.5) is 17.1 Å². The predicted octanol–water partition coefficient (Wildman–Crippen LogP) is 9.75. The van der Waals surface area contributed by atoms with Gasteiger partial charge in [-0.3, -0.25) is 0 Å². The third-order valence-corrected chi connectivity index (χ3v) is 8.57. The molecule has 0 aromatic heterocycles. The highest BCUT2D eigenvalue weighted by Crippen LogP contribution is 2.63. The van der Waals surface area contributed by atoms with Gasteiger partial charge in [-0.15, -0.1) is 0 Å². The zero-order valence-corrected chi connectivity index (χ0v) is 21.6. The van der Waals surface area contributed by atoms with Crippen LogP contribution in [0.1, 0.15) is 22.3 Å². The highest BCUT2D eigenvalue weighted by Gasteiger charge is 2.51. The molecule has 0 saturated heterocycles. The number of hydrogen-bond donors (Lipinski definition) is 0. The molecule has 2 aliphatic rings. The Kier molecular flexibility index (Phi) is 4.36. The molecule has 0 N–H and O–H groups in total. The lowest BCUT2D eigenvalue weighted by atomic mass is 9.64. The smallest absolute Gasteiger partial charge is 0.0754 e. The molecular formula is C35H22BrN. The molecule has 0 amide bonds. The second kappa shape index (κ2) is 7.68. The van der Waals surface area contributed by atoms with E-state index in [2.05, 4.69) is 154 Å². The third-order valence-electron chi connectivity index (χ3n) is 8.08. The highest BCUT2D eigenvalue weighted by molar-refractivity contribution is 9.10. The molecule has 0 fully saturated rings. The average Bonchev–Trinajstić information content (AvgIpc) is 3.23. The van der Waals surface area contributed by atoms with E-state index in [9.17, 15) is 0 Å². The highest BCUT2D eigenvalue weighted by atomic mass is 79.9. The largest absolute Gasteiger partial charge is 0.310 e. The fourth-order valence-corrected chi connectivity index (χ4v) is 7.02. The van der Waals surface area contributed by atoms with Crippen LogP contribution in [0.25, 0.3) is 21.9 Å². The predicted molar refractivity (Wildman–Crippen MR) is 157 cm³/mol. The molecule has 0 bridgehead atoms. The lowest BCUT2D eigenvalue weighted by molar-refractivity contribution is 0.753. The second-order valence-corrected chi connectivity index (χ2v) is 10.8. The first-order valence-electron chi connectivity index (χ1n) is 12.6. The molecule has 1 aliphatic carbocycles. The SMILES string of the molecule is Brc1ccc2c(c1)C1(c3ccccc3-c3cc4ccccc4cc31)c1ccccc1N2c1ccccc1. The van der Waals surface area contributed by atoms with Crippen LogP contribution in [0, 0.1) is 0 Å². The monoisotopic (exact) mass is 535 g/mol. The second-order valence-electron chi connectivity index (χ2n) is 9.89. The zero-order chi connectivity index (χ0) is 24.6. The first-order valence-corrected chi connectivity index (χ1v) is 13.4. The summed E-state index contributed by atoms with van der Waals surface area (Å²) in [6.45, 7) is 0. The van der Waals surface area contributed by atoms with Crippen LogP contribution in [0.2, 0.25) is 0 Å². The minimum absolute atomic E-state index is 0.420. The van der Waals surface area contributed by atoms with Gasteiger partial charge in [0.25, 0.3) is 0 Å². The van der Waals surface area contributed by atoms with Crippen molar-refractivity contribution in [2.45, 2.75) is 5.41 Å². The molecule has 0 radical (unpaired) electrons. The van der Waals surface area contributed by atoms with Gasteiger partial charge in [0.15, 0.2) is 0 Å². The van der Waals surface area contributed by atoms with Crippen LogP contribution in [0.15, 0.2) is 138 Å². The first kappa shape index (κ1) is 21.0. The van der Waals surface area contributed by atoms with Crippen LogP contribution < -0.4 is 4.90 Å². The van der Waals surface area contributed by atoms with Gasteiger partial charge < -0.3 is 4.90 Å². The number of para-hydroxylation sites is 2. The molecule has 8 rings (SSSR count). The van der Waals surface area contributed by atoms with E-state index in [4.69, 9.17) is 0 Å². The number of nitrogens with zero attached hydrogens (tertiary/aromatic N) is 1. The standard InChI is InChI=1S/C35H22BrN/c36-25-18-19-34-32(22-25)35(30-16-8-9-17-33(30)37(34)26-12-2-1-3-13-26)29-15-7-6-14-27(29)28-20-23-10-4-5-11-24(23)21-31(28)35/h1-22H. The molecule has 2 heteroatoms. The summed E-state index contributed by atoms with van der Waals surface area (Å²) < 4.78 is 1.09. The van der Waals surface area contributed by atoms with Crippen molar-refractivity contribution in [3.05, 3.63) is 160 Å². The van der Waals surface area contributed by atoms with Crippen LogP contribution in [0.3, 0.4) is 0 Å². The summed E-state index contributed by atoms with van der Waals surface area (Å²) in [5, 5.41) is 2.55. The molecule has 1 unspecified atom stereocenters. The number of rotatable bonds is 1. The summed E-state index contributed by atoms with van der Waals surface area (Å²) in [7, 11) is 0. The average molecular weight is 536 g/mol. The Hall–Kier alpha value is -4.14. The molecule has 174 valence electrons. The van der Waals surface area contributed by atoms with Crippen molar-refractivity contribution in [3.63, 3.8) is 0 Å². The normalized spacial score (nSPS) is 16.8. The Labute approximate surface area is 224 Å². The van der Waals surface area contributed by atoms with E-state index in [0.717, 1.165) is 4.47 Å². The number of anilines is 3. The molecule has 0 saturated carbocycles. The summed E-state index contributed by atoms with van der Waals surface area (Å²) in [6.07, 6.45) is 0. The molecule has 6 aromatic rings. The zero-order valence-electron chi connectivity index (χ0n) is 20.0. The fraction of sp³-hybridized carbons (Fsp3) is 0.0286. The van der Waals surface area contributed by atoms with Gasteiger partial charge in [0.1, 0.15) is 0 Å². The first-order chi connectivity index (χ1) is 18.3. The van der Waals surface area contributed by atoms with E-state index in [1.54, 1.807) is 0 Å². The Balaban J connectivity index is 1.58. The van der Waals surface area contributed by atoms with Crippen molar-refractivity contribution in [2.75, 3.05) is 4.90 Å². The number of benzene rings is 6. The number of hydrogen-bond acceptors (Lipinski definition) is 1. The topological polar surface area (TPSA) is 3.24 Å². The maximum absolute atomic E-state index is 3.84. The Morgan fingerprint density at radius 3 is 1.95 bits per heavy atom. The molecule has 1 spiro atoms. The maximum Gasteiger partial charge on any atom is 0.0754 e. The third kappa shape index (κ3) is 2.74. The molecule has 1 heterocycles. The van der Waals surface area contributed by atoms with E-state index in [-0.39, 0.29) is 0 Å². The fourth-order valence-electron chi connectivity index (χ4n) is 6.66. The minimum atomic E-state index is -0.420. The molecule has 37 heavy (non-hydrogen) atoms. The molecule has 1 aliphatic heterocycles. The summed E-state index contributed by atoms with van der Waals surface area (Å²) in [5.74, 6) is 0. The van der Waals surface area contributed by atoms with E-state index in [1.807, 2.05) is 0 Å². The van der Waals surface area contributed by atoms with Crippen molar-refractivity contribution in [2.24, 2.45) is 0 Å². The molecule has 1 atom stereocenters. The van der Waals surface area contributed by atoms with Gasteiger partial charge in [-0.1, -0.05) is 101 Å². The molecular weight excluding hydrogens is 514 g/mol. The quantitative estimate of drug-likeness (QED) is 0.202. The van der Waals surface area contributed by atoms with E-state index < -0.39 is 5.41 Å². The van der Waals surface area contributed by atoms with Crippen molar-refractivity contribution in [1.29, 1.82) is 0 Å². The van der Waals surface area contributed by atoms with Gasteiger partial charge in [-0.05, 0) is 92.7 Å². The van der Waals surface area contributed by atoms with Crippen molar-refractivity contribution < 1.29 is 0 Å². The van der Waals surface area contributed by atoms with Crippen molar-refractivity contribution in [3.8, 4) is 11.1 Å². The van der Waals surface area contributed by atoms with Crippen LogP contribution >= 0.6 is 15.9 Å². The Bertz CT molecular complexity index is 1860. The number of halogens is 1. The van der Waals surface area contributed by atoms with E-state index in [1.165, 1.54) is 61.2 Å². The van der Waals surface area contributed by atoms with Crippen LogP contribution in [-0.2, 0) is 5.41 Å². The van der Waals surface area contributed by atoms with Gasteiger partial charge in [-0.2, -0.15) is 0 Å². The van der Waals surface area contributed by atoms with Gasteiger partial charge in [-0.25, -0.2) is 0 Å². The van der Waals surface area contributed by atoms with Gasteiger partial charge in [0.2, 0.25) is 0 Å². The minimum Gasteiger partial charge on any atom is -0.310 e. The maximum atomic E-state index is 3.84. The van der Waals surface area contributed by atoms with Gasteiger partial charge >= 0.3 is 0 Å². The van der Waals surface area contributed by atoms with E-state index >= 15 is 0 Å². The van der Waals surface area contributed by atoms with Crippen LogP contribution in [-0.4, -0.2) is 0 Å². The van der Waals surface area contributed by atoms with Crippen molar-refractivity contribution >= 4 is 43.8 Å². The molecule has 1 nitrogen and oxygen atoms in total. The summed E-state index contributed by atoms with van der Waals surface area (Å²) in [5.41, 5.74) is 11.1. The Morgan fingerprint density at radius 2 is 1.11 bits per heavy atom. The Morgan fingerprint density at radius 1 is 0.459 bits per heavy atom. The van der Waals surface area contributed by atoms with Crippen LogP contribution in [0.5, 0.6) is 0 Å². The summed E-state index contributed by atoms with van der Waals surface area (Å²) in [6, 6.07) is 49.0. The number of fused-ring (bicyclic) bond motifs is 10. The lowest BCUT2D eigenvalue weighted by Crippen LogP contribution is -2.36. The summed E-state index contributed by atoms with van der Waals surface area (Å²) >= 11 is 3.84. The van der Waals surface area contributed by atoms with Gasteiger partial charge in [0, 0.05) is 10.2 Å². The van der Waals surface area contributed by atoms with E-state index in [0.29, 0.717) is 0 Å².